The minimum atomic E-state index is -0.321. The van der Waals surface area contributed by atoms with Crippen molar-refractivity contribution in [2.24, 2.45) is 0 Å². The molecule has 1 heterocycles. The Morgan fingerprint density at radius 3 is 2.65 bits per heavy atom. The number of imidazole rings is 1. The summed E-state index contributed by atoms with van der Waals surface area (Å²) >= 11 is 0. The molecule has 1 aromatic heterocycles. The molecule has 0 aliphatic carbocycles. The number of carbonyl (C=O) groups is 1. The van der Waals surface area contributed by atoms with Crippen molar-refractivity contribution < 1.29 is 14.3 Å². The number of nitrogens with two attached hydrogens (primary N) is 1. The van der Waals surface area contributed by atoms with Crippen LogP contribution in [0.4, 0.5) is 5.95 Å². The quantitative estimate of drug-likeness (QED) is 0.874. The van der Waals surface area contributed by atoms with Crippen LogP contribution >= 0.6 is 0 Å². The van der Waals surface area contributed by atoms with E-state index in [1.165, 1.54) is 18.0 Å². The van der Waals surface area contributed by atoms with Gasteiger partial charge in [-0.15, -0.1) is 0 Å². The van der Waals surface area contributed by atoms with Crippen LogP contribution in [0.25, 0.3) is 0 Å². The van der Waals surface area contributed by atoms with Crippen LogP contribution in [0.5, 0.6) is 11.5 Å². The van der Waals surface area contributed by atoms with E-state index in [2.05, 4.69) is 10.4 Å². The first kappa shape index (κ1) is 13.7. The van der Waals surface area contributed by atoms with Gasteiger partial charge >= 0.3 is 0 Å². The molecule has 7 nitrogen and oxygen atoms in total. The van der Waals surface area contributed by atoms with Gasteiger partial charge in [-0.1, -0.05) is 0 Å². The van der Waals surface area contributed by atoms with Crippen LogP contribution in [0, 0.1) is 6.92 Å². The second-order valence-corrected chi connectivity index (χ2v) is 4.13. The summed E-state index contributed by atoms with van der Waals surface area (Å²) in [6.07, 6.45) is 3.05. The van der Waals surface area contributed by atoms with Crippen LogP contribution in [0.15, 0.2) is 24.5 Å². The molecule has 106 valence electrons. The minimum absolute atomic E-state index is 0.204. The Bertz CT molecular complexity index is 637. The lowest BCUT2D eigenvalue weighted by Gasteiger charge is -2.13. The van der Waals surface area contributed by atoms with Gasteiger partial charge < -0.3 is 15.2 Å². The molecule has 0 radical (unpaired) electrons. The highest BCUT2D eigenvalue weighted by atomic mass is 16.5. The van der Waals surface area contributed by atoms with E-state index in [1.807, 2.05) is 6.92 Å². The SMILES string of the molecule is COc1cc(C(=O)Nn2ccnc2N)cc(C)c1OC. The number of amides is 1. The molecule has 0 saturated heterocycles. The molecule has 0 spiro atoms. The van der Waals surface area contributed by atoms with Gasteiger partial charge in [0.15, 0.2) is 11.5 Å². The fourth-order valence-corrected chi connectivity index (χ4v) is 1.87. The van der Waals surface area contributed by atoms with Crippen LogP contribution in [0.2, 0.25) is 0 Å². The summed E-state index contributed by atoms with van der Waals surface area (Å²) in [5.74, 6) is 0.983. The fourth-order valence-electron chi connectivity index (χ4n) is 1.87. The topological polar surface area (TPSA) is 91.4 Å². The third-order valence-corrected chi connectivity index (χ3v) is 2.82. The number of rotatable bonds is 4. The standard InChI is InChI=1S/C13H16N4O3/c1-8-6-9(7-10(19-2)11(8)20-3)12(18)16-17-5-4-15-13(17)14/h4-7H,1-3H3,(H2,14,15)(H,16,18). The van der Waals surface area contributed by atoms with Gasteiger partial charge in [0.05, 0.1) is 14.2 Å². The van der Waals surface area contributed by atoms with Crippen molar-refractivity contribution in [1.82, 2.24) is 9.66 Å². The van der Waals surface area contributed by atoms with Gasteiger partial charge in [-0.3, -0.25) is 10.2 Å². The van der Waals surface area contributed by atoms with E-state index in [0.29, 0.717) is 17.1 Å². The summed E-state index contributed by atoms with van der Waals surface area (Å²) in [4.78, 5) is 16.0. The molecule has 3 N–H and O–H groups in total. The molecule has 0 unspecified atom stereocenters. The Morgan fingerprint density at radius 2 is 2.10 bits per heavy atom. The molecule has 1 aromatic carbocycles. The Balaban J connectivity index is 2.31. The lowest BCUT2D eigenvalue weighted by atomic mass is 10.1. The monoisotopic (exact) mass is 276 g/mol. The number of nitrogen functional groups attached to an aromatic ring is 1. The minimum Gasteiger partial charge on any atom is -0.493 e. The van der Waals surface area contributed by atoms with E-state index in [9.17, 15) is 4.79 Å². The van der Waals surface area contributed by atoms with Crippen molar-refractivity contribution >= 4 is 11.9 Å². The highest BCUT2D eigenvalue weighted by Crippen LogP contribution is 2.31. The van der Waals surface area contributed by atoms with Gasteiger partial charge in [0, 0.05) is 18.0 Å². The molecule has 7 heteroatoms. The molecule has 0 aliphatic rings. The fraction of sp³-hybridized carbons (Fsp3) is 0.231. The van der Waals surface area contributed by atoms with E-state index in [4.69, 9.17) is 15.2 Å². The van der Waals surface area contributed by atoms with Crippen molar-refractivity contribution in [2.45, 2.75) is 6.92 Å². The smallest absolute Gasteiger partial charge is 0.270 e. The summed E-state index contributed by atoms with van der Waals surface area (Å²) < 4.78 is 11.8. The maximum Gasteiger partial charge on any atom is 0.270 e. The Kier molecular flexibility index (Phi) is 3.79. The zero-order valence-corrected chi connectivity index (χ0v) is 11.5. The number of ether oxygens (including phenoxy) is 2. The normalized spacial score (nSPS) is 10.2. The van der Waals surface area contributed by atoms with Crippen LogP contribution < -0.4 is 20.6 Å². The number of carbonyl (C=O) groups excluding carboxylic acids is 1. The number of hydrogen-bond acceptors (Lipinski definition) is 5. The number of nitrogens with one attached hydrogen (secondary N) is 1. The first-order chi connectivity index (χ1) is 9.56. The van der Waals surface area contributed by atoms with Gasteiger partial charge in [-0.2, -0.15) is 0 Å². The molecular weight excluding hydrogens is 260 g/mol. The zero-order chi connectivity index (χ0) is 14.7. The maximum absolute atomic E-state index is 12.2. The number of aryl methyl sites for hydroxylation is 1. The summed E-state index contributed by atoms with van der Waals surface area (Å²) in [6, 6.07) is 3.32. The number of hydrogen-bond donors (Lipinski definition) is 2. The van der Waals surface area contributed by atoms with Crippen molar-refractivity contribution in [3.8, 4) is 11.5 Å². The first-order valence-electron chi connectivity index (χ1n) is 5.89. The van der Waals surface area contributed by atoms with Gasteiger partial charge in [0.2, 0.25) is 5.95 Å². The van der Waals surface area contributed by atoms with Crippen molar-refractivity contribution in [1.29, 1.82) is 0 Å². The number of anilines is 1. The van der Waals surface area contributed by atoms with E-state index in [0.717, 1.165) is 5.56 Å². The average molecular weight is 276 g/mol. The molecular formula is C13H16N4O3. The molecule has 2 aromatic rings. The van der Waals surface area contributed by atoms with Gasteiger partial charge in [0.1, 0.15) is 0 Å². The van der Waals surface area contributed by atoms with Crippen LogP contribution in [0.1, 0.15) is 15.9 Å². The number of benzene rings is 1. The summed E-state index contributed by atoms with van der Waals surface area (Å²) in [5.41, 5.74) is 9.45. The first-order valence-corrected chi connectivity index (χ1v) is 5.89. The summed E-state index contributed by atoms with van der Waals surface area (Å²) in [7, 11) is 3.07. The van der Waals surface area contributed by atoms with Crippen molar-refractivity contribution in [3.05, 3.63) is 35.7 Å². The molecule has 0 atom stereocenters. The van der Waals surface area contributed by atoms with Crippen molar-refractivity contribution in [2.75, 3.05) is 25.4 Å². The lowest BCUT2D eigenvalue weighted by Crippen LogP contribution is -2.23. The lowest BCUT2D eigenvalue weighted by molar-refractivity contribution is 0.101. The maximum atomic E-state index is 12.2. The van der Waals surface area contributed by atoms with E-state index < -0.39 is 0 Å². The molecule has 0 aliphatic heterocycles. The third-order valence-electron chi connectivity index (χ3n) is 2.82. The number of nitrogens with zero attached hydrogens (tertiary/aromatic N) is 2. The van der Waals surface area contributed by atoms with Gasteiger partial charge in [-0.25, -0.2) is 9.66 Å². The Labute approximate surface area is 116 Å². The van der Waals surface area contributed by atoms with Gasteiger partial charge in [-0.05, 0) is 24.6 Å². The van der Waals surface area contributed by atoms with E-state index in [1.54, 1.807) is 25.4 Å². The van der Waals surface area contributed by atoms with Crippen LogP contribution in [0.3, 0.4) is 0 Å². The molecule has 0 fully saturated rings. The predicted octanol–water partition coefficient (Wildman–Crippen LogP) is 1.17. The Hall–Kier alpha value is -2.70. The van der Waals surface area contributed by atoms with E-state index >= 15 is 0 Å². The van der Waals surface area contributed by atoms with E-state index in [-0.39, 0.29) is 11.9 Å². The molecule has 2 rings (SSSR count). The molecule has 1 amide bonds. The molecule has 20 heavy (non-hydrogen) atoms. The Morgan fingerprint density at radius 1 is 1.35 bits per heavy atom. The number of aromatic nitrogens is 2. The number of methoxy groups -OCH3 is 2. The largest absolute Gasteiger partial charge is 0.493 e. The van der Waals surface area contributed by atoms with Crippen LogP contribution in [-0.2, 0) is 0 Å². The predicted molar refractivity (Wildman–Crippen MR) is 74.6 cm³/mol. The highest BCUT2D eigenvalue weighted by molar-refractivity contribution is 6.00. The summed E-state index contributed by atoms with van der Waals surface area (Å²) in [5, 5.41) is 0. The second-order valence-electron chi connectivity index (χ2n) is 4.13. The zero-order valence-electron chi connectivity index (χ0n) is 11.5. The average Bonchev–Trinajstić information content (AvgIpc) is 2.83. The molecule has 0 bridgehead atoms. The second kappa shape index (κ2) is 5.52. The van der Waals surface area contributed by atoms with Crippen LogP contribution in [-0.4, -0.2) is 29.8 Å². The molecule has 0 saturated carbocycles. The summed E-state index contributed by atoms with van der Waals surface area (Å²) in [6.45, 7) is 1.84. The highest BCUT2D eigenvalue weighted by Gasteiger charge is 2.14. The van der Waals surface area contributed by atoms with Gasteiger partial charge in [0.25, 0.3) is 5.91 Å². The van der Waals surface area contributed by atoms with Crippen molar-refractivity contribution in [3.63, 3.8) is 0 Å². The third kappa shape index (κ3) is 2.51.